The van der Waals surface area contributed by atoms with Crippen molar-refractivity contribution in [3.05, 3.63) is 23.8 Å². The van der Waals surface area contributed by atoms with E-state index < -0.39 is 0 Å². The van der Waals surface area contributed by atoms with Gasteiger partial charge < -0.3 is 9.26 Å². The number of nitrogens with two attached hydrogens (primary N) is 1. The lowest BCUT2D eigenvalue weighted by atomic mass is 10.2. The van der Waals surface area contributed by atoms with Gasteiger partial charge in [-0.1, -0.05) is 6.07 Å². The molecule has 0 saturated heterocycles. The molecule has 1 rings (SSSR count). The molecule has 0 amide bonds. The highest BCUT2D eigenvalue weighted by molar-refractivity contribution is 14.1. The summed E-state index contributed by atoms with van der Waals surface area (Å²) in [5, 5.41) is 0. The first-order valence-corrected chi connectivity index (χ1v) is 4.69. The van der Waals surface area contributed by atoms with Gasteiger partial charge in [0.05, 0.1) is 28.6 Å². The van der Waals surface area contributed by atoms with E-state index in [4.69, 9.17) is 5.73 Å². The van der Waals surface area contributed by atoms with Gasteiger partial charge in [0.2, 0.25) is 0 Å². The van der Waals surface area contributed by atoms with Gasteiger partial charge in [-0.15, -0.1) is 12.6 Å². The maximum Gasteiger partial charge on any atom is 0.0562 e. The fraction of sp³-hybridized carbons (Fsp3) is 0.143. The van der Waals surface area contributed by atoms with Gasteiger partial charge in [-0.2, -0.15) is 0 Å². The van der Waals surface area contributed by atoms with Crippen molar-refractivity contribution in [2.45, 2.75) is 11.4 Å². The highest BCUT2D eigenvalue weighted by Crippen LogP contribution is 2.21. The maximum atomic E-state index is 5.45. The second-order valence-electron chi connectivity index (χ2n) is 2.15. The Morgan fingerprint density at radius 2 is 2.27 bits per heavy atom. The summed E-state index contributed by atoms with van der Waals surface area (Å²) in [7, 11) is 0. The molecule has 60 valence electrons. The molecule has 2 nitrogen and oxygen atoms in total. The zero-order chi connectivity index (χ0) is 8.27. The molecule has 0 fully saturated rings. The number of hydrogen-bond donors (Lipinski definition) is 3. The van der Waals surface area contributed by atoms with Crippen LogP contribution in [-0.2, 0) is 6.54 Å². The fourth-order valence-corrected chi connectivity index (χ4v) is 1.76. The minimum Gasteiger partial charge on any atom is -0.327 e. The quantitative estimate of drug-likeness (QED) is 0.441. The van der Waals surface area contributed by atoms with Crippen LogP contribution in [0.15, 0.2) is 23.1 Å². The SMILES string of the molecule is NCc1ccc(NI)c(S)c1. The lowest BCUT2D eigenvalue weighted by molar-refractivity contribution is 1.06. The monoisotopic (exact) mass is 280 g/mol. The molecule has 0 aliphatic carbocycles. The van der Waals surface area contributed by atoms with Crippen molar-refractivity contribution >= 4 is 41.2 Å². The first kappa shape index (κ1) is 9.15. The van der Waals surface area contributed by atoms with Gasteiger partial charge in [-0.3, -0.25) is 0 Å². The third kappa shape index (κ3) is 2.25. The Morgan fingerprint density at radius 3 is 2.73 bits per heavy atom. The second-order valence-corrected chi connectivity index (χ2v) is 3.17. The summed E-state index contributed by atoms with van der Waals surface area (Å²) in [5.74, 6) is 0. The molecule has 3 N–H and O–H groups in total. The van der Waals surface area contributed by atoms with Crippen LogP contribution in [-0.4, -0.2) is 0 Å². The average Bonchev–Trinajstić information content (AvgIpc) is 2.04. The highest BCUT2D eigenvalue weighted by atomic mass is 127. The molecule has 0 aliphatic heterocycles. The standard InChI is InChI=1S/C7H9IN2S/c8-10-6-2-1-5(4-9)3-7(6)11/h1-3,10-11H,4,9H2. The van der Waals surface area contributed by atoms with E-state index in [2.05, 4.69) is 39.0 Å². The van der Waals surface area contributed by atoms with Gasteiger partial charge in [0, 0.05) is 11.4 Å². The van der Waals surface area contributed by atoms with Gasteiger partial charge in [0.15, 0.2) is 0 Å². The van der Waals surface area contributed by atoms with Crippen molar-refractivity contribution in [3.63, 3.8) is 0 Å². The summed E-state index contributed by atoms with van der Waals surface area (Å²) in [6.45, 7) is 0.565. The van der Waals surface area contributed by atoms with Crippen LogP contribution in [0.4, 0.5) is 5.69 Å². The molecule has 0 aromatic heterocycles. The molecule has 0 heterocycles. The largest absolute Gasteiger partial charge is 0.327 e. The smallest absolute Gasteiger partial charge is 0.0562 e. The molecule has 0 unspecified atom stereocenters. The first-order chi connectivity index (χ1) is 5.27. The van der Waals surface area contributed by atoms with E-state index in [1.54, 1.807) is 0 Å². The molecule has 0 bridgehead atoms. The van der Waals surface area contributed by atoms with Gasteiger partial charge in [0.1, 0.15) is 0 Å². The Kier molecular flexibility index (Phi) is 3.47. The summed E-state index contributed by atoms with van der Waals surface area (Å²) in [5.41, 5.74) is 7.58. The predicted octanol–water partition coefficient (Wildman–Crippen LogP) is 2.20. The van der Waals surface area contributed by atoms with Crippen LogP contribution in [0, 0.1) is 0 Å². The number of benzene rings is 1. The molecule has 1 aromatic carbocycles. The summed E-state index contributed by atoms with van der Waals surface area (Å²) in [4.78, 5) is 0.933. The van der Waals surface area contributed by atoms with Crippen LogP contribution >= 0.6 is 35.5 Å². The van der Waals surface area contributed by atoms with Crippen molar-refractivity contribution in [2.75, 3.05) is 3.53 Å². The molecular formula is C7H9IN2S. The predicted molar refractivity (Wildman–Crippen MR) is 59.2 cm³/mol. The third-order valence-corrected chi connectivity index (χ3v) is 2.35. The van der Waals surface area contributed by atoms with Gasteiger partial charge in [0.25, 0.3) is 0 Å². The van der Waals surface area contributed by atoms with E-state index in [0.29, 0.717) is 6.54 Å². The lowest BCUT2D eigenvalue weighted by Gasteiger charge is -2.03. The number of halogens is 1. The highest BCUT2D eigenvalue weighted by Gasteiger charge is 1.96. The molecule has 0 radical (unpaired) electrons. The maximum absolute atomic E-state index is 5.45. The van der Waals surface area contributed by atoms with Crippen LogP contribution in [0.5, 0.6) is 0 Å². The fourth-order valence-electron chi connectivity index (χ4n) is 0.784. The van der Waals surface area contributed by atoms with E-state index in [-0.39, 0.29) is 0 Å². The van der Waals surface area contributed by atoms with Crippen molar-refractivity contribution in [1.29, 1.82) is 0 Å². The normalized spacial score (nSPS) is 9.73. The van der Waals surface area contributed by atoms with Gasteiger partial charge in [-0.25, -0.2) is 0 Å². The average molecular weight is 280 g/mol. The van der Waals surface area contributed by atoms with E-state index in [0.717, 1.165) is 16.1 Å². The molecular weight excluding hydrogens is 271 g/mol. The van der Waals surface area contributed by atoms with E-state index in [1.165, 1.54) is 0 Å². The number of nitrogens with one attached hydrogen (secondary N) is 1. The molecule has 1 aromatic rings. The minimum atomic E-state index is 0.565. The van der Waals surface area contributed by atoms with Crippen molar-refractivity contribution < 1.29 is 0 Å². The Bertz CT molecular complexity index is 252. The van der Waals surface area contributed by atoms with Crippen LogP contribution in [0.25, 0.3) is 0 Å². The lowest BCUT2D eigenvalue weighted by Crippen LogP contribution is -1.96. The number of rotatable bonds is 2. The van der Waals surface area contributed by atoms with Crippen LogP contribution in [0.2, 0.25) is 0 Å². The molecule has 0 atom stereocenters. The molecule has 11 heavy (non-hydrogen) atoms. The van der Waals surface area contributed by atoms with Crippen LogP contribution in [0.1, 0.15) is 5.56 Å². The van der Waals surface area contributed by atoms with Crippen molar-refractivity contribution in [3.8, 4) is 0 Å². The molecule has 0 saturated carbocycles. The number of thiol groups is 1. The Hall–Kier alpha value is 0.0600. The summed E-state index contributed by atoms with van der Waals surface area (Å²) in [6.07, 6.45) is 0. The molecule has 0 aliphatic rings. The summed E-state index contributed by atoms with van der Waals surface area (Å²) < 4.78 is 3.00. The Morgan fingerprint density at radius 1 is 1.55 bits per heavy atom. The Balaban J connectivity index is 2.99. The number of hydrogen-bond acceptors (Lipinski definition) is 3. The van der Waals surface area contributed by atoms with E-state index in [1.807, 2.05) is 18.2 Å². The van der Waals surface area contributed by atoms with Gasteiger partial charge >= 0.3 is 0 Å². The topological polar surface area (TPSA) is 38.0 Å². The van der Waals surface area contributed by atoms with E-state index in [9.17, 15) is 0 Å². The number of anilines is 1. The first-order valence-electron chi connectivity index (χ1n) is 3.16. The minimum absolute atomic E-state index is 0.565. The van der Waals surface area contributed by atoms with Crippen molar-refractivity contribution in [1.82, 2.24) is 0 Å². The van der Waals surface area contributed by atoms with Crippen molar-refractivity contribution in [2.24, 2.45) is 5.73 Å². The zero-order valence-corrected chi connectivity index (χ0v) is 8.89. The second kappa shape index (κ2) is 4.18. The molecule has 0 spiro atoms. The van der Waals surface area contributed by atoms with Crippen LogP contribution in [0.3, 0.4) is 0 Å². The Labute approximate surface area is 85.5 Å². The summed E-state index contributed by atoms with van der Waals surface area (Å²) in [6, 6.07) is 5.92. The zero-order valence-electron chi connectivity index (χ0n) is 5.84. The molecule has 4 heteroatoms. The van der Waals surface area contributed by atoms with E-state index >= 15 is 0 Å². The summed E-state index contributed by atoms with van der Waals surface area (Å²) >= 11 is 6.35. The third-order valence-electron chi connectivity index (χ3n) is 1.40. The van der Waals surface area contributed by atoms with Crippen LogP contribution < -0.4 is 9.26 Å². The van der Waals surface area contributed by atoms with Gasteiger partial charge in [-0.05, 0) is 17.7 Å².